The third kappa shape index (κ3) is 4.32. The largest absolute Gasteiger partial charge is 0.377 e. The molecule has 2 amide bonds. The molecule has 6 rings (SSSR count). The average Bonchev–Trinajstić information content (AvgIpc) is 3.59. The highest BCUT2D eigenvalue weighted by atomic mass is 32.2. The van der Waals surface area contributed by atoms with Gasteiger partial charge in [0.15, 0.2) is 0 Å². The summed E-state index contributed by atoms with van der Waals surface area (Å²) in [6.45, 7) is 9.39. The molecule has 2 saturated heterocycles. The van der Waals surface area contributed by atoms with Crippen LogP contribution in [0.1, 0.15) is 61.6 Å². The van der Waals surface area contributed by atoms with E-state index in [1.54, 1.807) is 6.20 Å². The van der Waals surface area contributed by atoms with Crippen molar-refractivity contribution in [1.29, 1.82) is 0 Å². The van der Waals surface area contributed by atoms with Crippen LogP contribution in [0.5, 0.6) is 0 Å². The molecule has 9 heteroatoms. The number of nitrogens with one attached hydrogen (secondary N) is 1. The molecule has 3 aliphatic heterocycles. The fourth-order valence-electron chi connectivity index (χ4n) is 6.93. The second-order valence-electron chi connectivity index (χ2n) is 11.5. The number of amides is 2. The summed E-state index contributed by atoms with van der Waals surface area (Å²) in [6.07, 6.45) is 10.5. The number of hydrogen-bond donors (Lipinski definition) is 1. The van der Waals surface area contributed by atoms with Gasteiger partial charge in [0.25, 0.3) is 11.8 Å². The summed E-state index contributed by atoms with van der Waals surface area (Å²) in [6, 6.07) is 4.80. The standard InChI is InChI=1S/C29H37N5O3S/c1-17-12-24(38-4)23(27(35)32-17)13-31-28(36)25-19(3)34(26-22(25)6-5-11-30-26)18(2)20-7-9-21(10-8-20)33-14-29(33)15-37-16-29/h5-6,11-12,18,20-21,23H,7-10,13-16H2,1-4H3,(H,31,36)/t18-,20?,21?,23?,33?/m1/s1. The zero-order valence-electron chi connectivity index (χ0n) is 22.7. The van der Waals surface area contributed by atoms with Gasteiger partial charge in [0, 0.05) is 53.1 Å². The van der Waals surface area contributed by atoms with Crippen molar-refractivity contribution in [2.75, 3.05) is 32.6 Å². The molecule has 2 unspecified atom stereocenters. The Morgan fingerprint density at radius 3 is 2.68 bits per heavy atom. The average molecular weight is 536 g/mol. The van der Waals surface area contributed by atoms with Crippen LogP contribution in [0.2, 0.25) is 0 Å². The lowest BCUT2D eigenvalue weighted by molar-refractivity contribution is -0.120. The van der Waals surface area contributed by atoms with Crippen molar-refractivity contribution in [3.63, 3.8) is 0 Å². The molecule has 1 saturated carbocycles. The zero-order chi connectivity index (χ0) is 26.6. The van der Waals surface area contributed by atoms with E-state index in [-0.39, 0.29) is 24.4 Å². The van der Waals surface area contributed by atoms with Gasteiger partial charge < -0.3 is 14.6 Å². The number of ether oxygens (including phenoxy) is 1. The molecular weight excluding hydrogens is 498 g/mol. The minimum Gasteiger partial charge on any atom is -0.377 e. The molecule has 0 radical (unpaired) electrons. The molecule has 5 heterocycles. The van der Waals surface area contributed by atoms with Crippen molar-refractivity contribution in [3.8, 4) is 0 Å². The lowest BCUT2D eigenvalue weighted by atomic mass is 9.81. The van der Waals surface area contributed by atoms with E-state index >= 15 is 0 Å². The smallest absolute Gasteiger partial charge is 0.255 e. The monoisotopic (exact) mass is 535 g/mol. The van der Waals surface area contributed by atoms with Crippen molar-refractivity contribution in [1.82, 2.24) is 19.8 Å². The quantitative estimate of drug-likeness (QED) is 0.536. The number of aliphatic imine (C=N–C) groups is 1. The van der Waals surface area contributed by atoms with Crippen LogP contribution in [0.15, 0.2) is 34.3 Å². The number of allylic oxidation sites excluding steroid dienone is 1. The van der Waals surface area contributed by atoms with Gasteiger partial charge in [-0.2, -0.15) is 0 Å². The number of carbonyl (C=O) groups is 2. The second-order valence-corrected chi connectivity index (χ2v) is 12.3. The summed E-state index contributed by atoms with van der Waals surface area (Å²) < 4.78 is 7.75. The molecule has 8 nitrogen and oxygen atoms in total. The van der Waals surface area contributed by atoms with Gasteiger partial charge in [0.05, 0.1) is 30.2 Å². The van der Waals surface area contributed by atoms with E-state index in [0.717, 1.165) is 34.8 Å². The number of dihydropyridines is 1. The van der Waals surface area contributed by atoms with E-state index in [9.17, 15) is 9.59 Å². The van der Waals surface area contributed by atoms with Crippen molar-refractivity contribution >= 4 is 40.3 Å². The lowest BCUT2D eigenvalue weighted by Crippen LogP contribution is -2.44. The first kappa shape index (κ1) is 25.8. The maximum absolute atomic E-state index is 13.6. The number of carbonyl (C=O) groups excluding carboxylic acids is 2. The number of pyridine rings is 1. The van der Waals surface area contributed by atoms with E-state index in [1.807, 2.05) is 38.3 Å². The molecule has 3 atom stereocenters. The number of hydrogen-bond acceptors (Lipinski definition) is 6. The SMILES string of the molecule is CSC1=CC(C)=NC(=O)C1CNC(=O)c1c(C)n([C@H](C)C2CCC(N3CC34COC4)CC2)c2ncccc12. The van der Waals surface area contributed by atoms with E-state index in [4.69, 9.17) is 9.72 Å². The maximum Gasteiger partial charge on any atom is 0.255 e. The number of aromatic nitrogens is 2. The van der Waals surface area contributed by atoms with Crippen LogP contribution in [0.25, 0.3) is 11.0 Å². The molecule has 4 aliphatic rings. The molecular formula is C29H37N5O3S. The molecule has 0 aromatic carbocycles. The van der Waals surface area contributed by atoms with Crippen LogP contribution in [0.3, 0.4) is 0 Å². The van der Waals surface area contributed by atoms with Crippen molar-refractivity contribution in [2.24, 2.45) is 16.8 Å². The Morgan fingerprint density at radius 1 is 1.26 bits per heavy atom. The molecule has 1 N–H and O–H groups in total. The molecule has 38 heavy (non-hydrogen) atoms. The Bertz CT molecular complexity index is 1340. The third-order valence-corrected chi connectivity index (χ3v) is 10.1. The van der Waals surface area contributed by atoms with Gasteiger partial charge in [-0.05, 0) is 76.8 Å². The number of rotatable bonds is 7. The van der Waals surface area contributed by atoms with Crippen LogP contribution in [-0.4, -0.2) is 76.1 Å². The molecule has 2 aromatic rings. The van der Waals surface area contributed by atoms with Gasteiger partial charge >= 0.3 is 0 Å². The van der Waals surface area contributed by atoms with E-state index in [0.29, 0.717) is 28.8 Å². The number of nitrogens with zero attached hydrogens (tertiary/aromatic N) is 4. The summed E-state index contributed by atoms with van der Waals surface area (Å²) in [5.41, 5.74) is 3.54. The highest BCUT2D eigenvalue weighted by Crippen LogP contribution is 2.46. The van der Waals surface area contributed by atoms with Crippen molar-refractivity contribution in [2.45, 2.75) is 64.1 Å². The van der Waals surface area contributed by atoms with Crippen LogP contribution < -0.4 is 5.32 Å². The Morgan fingerprint density at radius 2 is 2.03 bits per heavy atom. The zero-order valence-corrected chi connectivity index (χ0v) is 23.5. The van der Waals surface area contributed by atoms with Crippen LogP contribution in [0, 0.1) is 18.8 Å². The van der Waals surface area contributed by atoms with Gasteiger partial charge in [0.2, 0.25) is 0 Å². The Balaban J connectivity index is 1.19. The summed E-state index contributed by atoms with van der Waals surface area (Å²) in [5.74, 6) is -0.254. The normalized spacial score (nSPS) is 29.0. The van der Waals surface area contributed by atoms with Gasteiger partial charge in [-0.15, -0.1) is 11.8 Å². The lowest BCUT2D eigenvalue weighted by Gasteiger charge is -2.37. The fraction of sp³-hybridized carbons (Fsp3) is 0.586. The first-order chi connectivity index (χ1) is 18.3. The molecule has 3 fully saturated rings. The highest BCUT2D eigenvalue weighted by Gasteiger charge is 2.60. The topological polar surface area (TPSA) is 88.6 Å². The van der Waals surface area contributed by atoms with Gasteiger partial charge in [-0.25, -0.2) is 9.98 Å². The van der Waals surface area contributed by atoms with Crippen LogP contribution in [0.4, 0.5) is 0 Å². The van der Waals surface area contributed by atoms with Crippen LogP contribution in [-0.2, 0) is 9.53 Å². The van der Waals surface area contributed by atoms with E-state index in [2.05, 4.69) is 26.7 Å². The first-order valence-corrected chi connectivity index (χ1v) is 15.0. The highest BCUT2D eigenvalue weighted by molar-refractivity contribution is 8.02. The maximum atomic E-state index is 13.6. The number of fused-ring (bicyclic) bond motifs is 1. The van der Waals surface area contributed by atoms with Crippen molar-refractivity contribution in [3.05, 3.63) is 40.6 Å². The Kier molecular flexibility index (Phi) is 6.73. The van der Waals surface area contributed by atoms with Crippen molar-refractivity contribution < 1.29 is 14.3 Å². The number of thioether (sulfide) groups is 1. The van der Waals surface area contributed by atoms with E-state index in [1.165, 1.54) is 44.0 Å². The second kappa shape index (κ2) is 9.92. The fourth-order valence-corrected chi connectivity index (χ4v) is 7.68. The molecule has 0 bridgehead atoms. The molecule has 202 valence electrons. The summed E-state index contributed by atoms with van der Waals surface area (Å²) in [4.78, 5) is 38.6. The summed E-state index contributed by atoms with van der Waals surface area (Å²) in [5, 5.41) is 3.91. The third-order valence-electron chi connectivity index (χ3n) is 9.20. The first-order valence-electron chi connectivity index (χ1n) is 13.8. The van der Waals surface area contributed by atoms with Crippen LogP contribution >= 0.6 is 11.8 Å². The Hall–Kier alpha value is -2.49. The summed E-state index contributed by atoms with van der Waals surface area (Å²) >= 11 is 1.53. The van der Waals surface area contributed by atoms with Gasteiger partial charge in [-0.3, -0.25) is 14.5 Å². The predicted molar refractivity (Wildman–Crippen MR) is 151 cm³/mol. The molecule has 1 aliphatic carbocycles. The van der Waals surface area contributed by atoms with E-state index < -0.39 is 5.92 Å². The summed E-state index contributed by atoms with van der Waals surface area (Å²) in [7, 11) is 0. The minimum absolute atomic E-state index is 0.163. The molecule has 2 aromatic heterocycles. The molecule has 1 spiro atoms. The minimum atomic E-state index is -0.439. The Labute approximate surface area is 228 Å². The van der Waals surface area contributed by atoms with Gasteiger partial charge in [0.1, 0.15) is 5.65 Å². The van der Waals surface area contributed by atoms with Gasteiger partial charge in [-0.1, -0.05) is 0 Å². The predicted octanol–water partition coefficient (Wildman–Crippen LogP) is 4.14.